The van der Waals surface area contributed by atoms with Crippen molar-refractivity contribution < 1.29 is 19.1 Å². The van der Waals surface area contributed by atoms with Gasteiger partial charge in [-0.25, -0.2) is 0 Å². The van der Waals surface area contributed by atoms with Crippen LogP contribution in [-0.2, 0) is 4.79 Å². The van der Waals surface area contributed by atoms with Crippen LogP contribution in [0.15, 0.2) is 103 Å². The van der Waals surface area contributed by atoms with Gasteiger partial charge in [0, 0.05) is 18.2 Å². The minimum Gasteiger partial charge on any atom is -0.497 e. The average Bonchev–Trinajstić information content (AvgIpc) is 2.91. The van der Waals surface area contributed by atoms with Crippen molar-refractivity contribution in [3.05, 3.63) is 109 Å². The summed E-state index contributed by atoms with van der Waals surface area (Å²) in [6.45, 7) is 2.56. The maximum Gasteiger partial charge on any atom is 0.251 e. The molecule has 2 amide bonds. The van der Waals surface area contributed by atoms with Crippen LogP contribution in [0.25, 0.3) is 11.1 Å². The number of ether oxygens (including phenoxy) is 2. The summed E-state index contributed by atoms with van der Waals surface area (Å²) in [6, 6.07) is 32.3. The monoisotopic (exact) mass is 468 g/mol. The molecule has 4 rings (SSSR count). The summed E-state index contributed by atoms with van der Waals surface area (Å²) in [6.07, 6.45) is 0.619. The zero-order valence-corrected chi connectivity index (χ0v) is 19.7. The molecule has 0 saturated heterocycles. The van der Waals surface area contributed by atoms with E-state index in [4.69, 9.17) is 9.47 Å². The van der Waals surface area contributed by atoms with E-state index in [1.807, 2.05) is 79.7 Å². The molecule has 0 heterocycles. The average molecular weight is 469 g/mol. The summed E-state index contributed by atoms with van der Waals surface area (Å²) in [5, 5.41) is 5.37. The molecule has 4 aromatic carbocycles. The molecule has 0 aliphatic carbocycles. The van der Waals surface area contributed by atoms with Crippen LogP contribution in [0.3, 0.4) is 0 Å². The van der Waals surface area contributed by atoms with E-state index in [1.165, 1.54) is 0 Å². The second-order valence-corrected chi connectivity index (χ2v) is 7.34. The maximum atomic E-state index is 11.6. The van der Waals surface area contributed by atoms with Gasteiger partial charge in [0.05, 0.1) is 12.8 Å². The Morgan fingerprint density at radius 3 is 2.14 bits per heavy atom. The first-order chi connectivity index (χ1) is 17.1. The summed E-state index contributed by atoms with van der Waals surface area (Å²) in [7, 11) is 1.60. The van der Waals surface area contributed by atoms with Crippen molar-refractivity contribution in [1.29, 1.82) is 0 Å². The molecular weight excluding hydrogens is 440 g/mol. The number of nitrogens with one attached hydrogen (secondary N) is 2. The van der Waals surface area contributed by atoms with E-state index in [0.29, 0.717) is 41.5 Å². The van der Waals surface area contributed by atoms with Crippen LogP contribution in [-0.4, -0.2) is 26.0 Å². The molecular formula is C29H28N2O4. The normalized spacial score (nSPS) is 9.77. The lowest BCUT2D eigenvalue weighted by molar-refractivity contribution is -0.105. The molecule has 6 heteroatoms. The molecule has 4 aromatic rings. The predicted molar refractivity (Wildman–Crippen MR) is 139 cm³/mol. The van der Waals surface area contributed by atoms with Gasteiger partial charge in [-0.15, -0.1) is 0 Å². The van der Waals surface area contributed by atoms with Crippen LogP contribution >= 0.6 is 0 Å². The minimum absolute atomic E-state index is 0.0212. The lowest BCUT2D eigenvalue weighted by Crippen LogP contribution is -2.22. The summed E-state index contributed by atoms with van der Waals surface area (Å²) >= 11 is 0. The van der Waals surface area contributed by atoms with E-state index in [9.17, 15) is 9.59 Å². The van der Waals surface area contributed by atoms with Gasteiger partial charge in [0.25, 0.3) is 5.91 Å². The van der Waals surface area contributed by atoms with Crippen LogP contribution in [0.4, 0.5) is 5.69 Å². The van der Waals surface area contributed by atoms with Gasteiger partial charge in [-0.2, -0.15) is 0 Å². The number of amides is 2. The van der Waals surface area contributed by atoms with Crippen LogP contribution in [0.2, 0.25) is 0 Å². The van der Waals surface area contributed by atoms with E-state index >= 15 is 0 Å². The quantitative estimate of drug-likeness (QED) is 0.304. The van der Waals surface area contributed by atoms with Gasteiger partial charge in [-0.1, -0.05) is 60.7 Å². The third-order valence-corrected chi connectivity index (χ3v) is 4.96. The molecule has 0 atom stereocenters. The summed E-state index contributed by atoms with van der Waals surface area (Å²) in [5.74, 6) is 1.92. The third-order valence-electron chi connectivity index (χ3n) is 4.96. The SMILES string of the molecule is CCNC(=O)c1ccc(-c2ccccc2)cc1.COc1cccc(Oc2ccccc2NC=O)c1. The molecule has 0 aliphatic heterocycles. The number of benzene rings is 4. The first-order valence-corrected chi connectivity index (χ1v) is 11.2. The van der Waals surface area contributed by atoms with Crippen LogP contribution in [0, 0.1) is 0 Å². The van der Waals surface area contributed by atoms with E-state index in [1.54, 1.807) is 25.3 Å². The Morgan fingerprint density at radius 2 is 1.46 bits per heavy atom. The number of methoxy groups -OCH3 is 1. The topological polar surface area (TPSA) is 76.7 Å². The fraction of sp³-hybridized carbons (Fsp3) is 0.103. The van der Waals surface area contributed by atoms with E-state index < -0.39 is 0 Å². The van der Waals surface area contributed by atoms with Gasteiger partial charge in [0.1, 0.15) is 11.5 Å². The van der Waals surface area contributed by atoms with Gasteiger partial charge < -0.3 is 20.1 Å². The Morgan fingerprint density at radius 1 is 0.800 bits per heavy atom. The van der Waals surface area contributed by atoms with Crippen molar-refractivity contribution in [3.8, 4) is 28.4 Å². The highest BCUT2D eigenvalue weighted by Crippen LogP contribution is 2.30. The standard InChI is InChI=1S/C15H15NO.C14H13NO3/c1-2-16-15(17)14-10-8-13(9-11-14)12-6-4-3-5-7-12;1-17-11-5-4-6-12(9-11)18-14-8-3-2-7-13(14)15-10-16/h3-11H,2H2,1H3,(H,16,17);2-10H,1H3,(H,15,16). The minimum atomic E-state index is -0.0212. The number of carbonyl (C=O) groups is 2. The second kappa shape index (κ2) is 13.2. The summed E-state index contributed by atoms with van der Waals surface area (Å²) in [5.41, 5.74) is 3.61. The van der Waals surface area contributed by atoms with Gasteiger partial charge in [-0.05, 0) is 54.4 Å². The molecule has 0 fully saturated rings. The molecule has 6 nitrogen and oxygen atoms in total. The van der Waals surface area contributed by atoms with Crippen LogP contribution < -0.4 is 20.1 Å². The van der Waals surface area contributed by atoms with Crippen molar-refractivity contribution in [2.45, 2.75) is 6.92 Å². The molecule has 0 spiro atoms. The van der Waals surface area contributed by atoms with Gasteiger partial charge >= 0.3 is 0 Å². The van der Waals surface area contributed by atoms with Crippen molar-refractivity contribution >= 4 is 18.0 Å². The Labute approximate surface area is 205 Å². The van der Waals surface area contributed by atoms with Gasteiger partial charge in [-0.3, -0.25) is 9.59 Å². The predicted octanol–water partition coefficient (Wildman–Crippen LogP) is 6.16. The summed E-state index contributed by atoms with van der Waals surface area (Å²) < 4.78 is 10.8. The number of anilines is 1. The number of carbonyl (C=O) groups excluding carboxylic acids is 2. The molecule has 0 aromatic heterocycles. The Balaban J connectivity index is 0.000000196. The van der Waals surface area contributed by atoms with E-state index in [-0.39, 0.29) is 5.91 Å². The highest BCUT2D eigenvalue weighted by Gasteiger charge is 2.05. The third kappa shape index (κ3) is 7.47. The molecule has 0 bridgehead atoms. The lowest BCUT2D eigenvalue weighted by atomic mass is 10.0. The Hall–Kier alpha value is -4.58. The highest BCUT2D eigenvalue weighted by molar-refractivity contribution is 5.94. The second-order valence-electron chi connectivity index (χ2n) is 7.34. The van der Waals surface area contributed by atoms with E-state index in [2.05, 4.69) is 22.8 Å². The Kier molecular flexibility index (Phi) is 9.45. The van der Waals surface area contributed by atoms with Crippen molar-refractivity contribution in [2.75, 3.05) is 19.0 Å². The van der Waals surface area contributed by atoms with Crippen molar-refractivity contribution in [1.82, 2.24) is 5.32 Å². The number of para-hydroxylation sites is 2. The number of hydrogen-bond donors (Lipinski definition) is 2. The van der Waals surface area contributed by atoms with Gasteiger partial charge in [0.2, 0.25) is 6.41 Å². The molecule has 0 unspecified atom stereocenters. The van der Waals surface area contributed by atoms with Gasteiger partial charge in [0.15, 0.2) is 5.75 Å². The first kappa shape index (κ1) is 25.1. The highest BCUT2D eigenvalue weighted by atomic mass is 16.5. The summed E-state index contributed by atoms with van der Waals surface area (Å²) in [4.78, 5) is 22.1. The van der Waals surface area contributed by atoms with Crippen LogP contribution in [0.1, 0.15) is 17.3 Å². The molecule has 0 aliphatic rings. The smallest absolute Gasteiger partial charge is 0.251 e. The van der Waals surface area contributed by atoms with Crippen LogP contribution in [0.5, 0.6) is 17.2 Å². The largest absolute Gasteiger partial charge is 0.497 e. The molecule has 178 valence electrons. The zero-order valence-electron chi connectivity index (χ0n) is 19.7. The number of hydrogen-bond acceptors (Lipinski definition) is 4. The fourth-order valence-electron chi connectivity index (χ4n) is 3.24. The first-order valence-electron chi connectivity index (χ1n) is 11.2. The maximum absolute atomic E-state index is 11.6. The fourth-order valence-corrected chi connectivity index (χ4v) is 3.24. The molecule has 0 saturated carbocycles. The molecule has 35 heavy (non-hydrogen) atoms. The molecule has 0 radical (unpaired) electrons. The zero-order chi connectivity index (χ0) is 24.9. The molecule has 2 N–H and O–H groups in total. The number of rotatable bonds is 8. The van der Waals surface area contributed by atoms with E-state index in [0.717, 1.165) is 11.1 Å². The van der Waals surface area contributed by atoms with Crippen molar-refractivity contribution in [2.24, 2.45) is 0 Å². The Bertz CT molecular complexity index is 1220. The van der Waals surface area contributed by atoms with Crippen molar-refractivity contribution in [3.63, 3.8) is 0 Å². The lowest BCUT2D eigenvalue weighted by Gasteiger charge is -2.10.